The van der Waals surface area contributed by atoms with Crippen molar-refractivity contribution in [3.05, 3.63) is 45.5 Å². The van der Waals surface area contributed by atoms with Gasteiger partial charge in [0.1, 0.15) is 11.5 Å². The molecule has 2 rings (SSSR count). The maximum Gasteiger partial charge on any atom is 0.118 e. The molecule has 2 aromatic rings. The highest BCUT2D eigenvalue weighted by Gasteiger charge is 2.15. The topological polar surface area (TPSA) is 28.4 Å². The first-order valence-electron chi connectivity index (χ1n) is 7.64. The van der Waals surface area contributed by atoms with Gasteiger partial charge in [0, 0.05) is 23.0 Å². The Morgan fingerprint density at radius 2 is 2.24 bits per heavy atom. The second-order valence-electron chi connectivity index (χ2n) is 5.58. The molecule has 0 aliphatic carbocycles. The van der Waals surface area contributed by atoms with E-state index in [1.54, 1.807) is 0 Å². The van der Waals surface area contributed by atoms with Crippen LogP contribution in [-0.2, 0) is 13.1 Å². The predicted octanol–water partition coefficient (Wildman–Crippen LogP) is 4.34. The fourth-order valence-corrected chi connectivity index (χ4v) is 3.22. The zero-order chi connectivity index (χ0) is 15.2. The lowest BCUT2D eigenvalue weighted by molar-refractivity contribution is 0.255. The van der Waals surface area contributed by atoms with Gasteiger partial charge in [-0.1, -0.05) is 13.0 Å². The van der Waals surface area contributed by atoms with Gasteiger partial charge in [0.25, 0.3) is 0 Å². The normalized spacial score (nSPS) is 13.0. The lowest BCUT2D eigenvalue weighted by atomic mass is 10.2. The van der Waals surface area contributed by atoms with Crippen molar-refractivity contribution < 1.29 is 4.42 Å². The summed E-state index contributed by atoms with van der Waals surface area (Å²) in [5.41, 5.74) is 1.29. The van der Waals surface area contributed by atoms with Crippen LogP contribution in [0.3, 0.4) is 0 Å². The smallest absolute Gasteiger partial charge is 0.118 e. The van der Waals surface area contributed by atoms with Crippen LogP contribution >= 0.6 is 11.3 Å². The first-order valence-corrected chi connectivity index (χ1v) is 8.52. The molecule has 2 heterocycles. The van der Waals surface area contributed by atoms with E-state index >= 15 is 0 Å². The molecule has 0 aromatic carbocycles. The SMILES string of the molecule is CCCNCc1cc(CN(C)C(C)c2cccs2)c(C)o1. The van der Waals surface area contributed by atoms with Crippen LogP contribution in [0, 0.1) is 6.92 Å². The Morgan fingerprint density at radius 1 is 1.43 bits per heavy atom. The third-order valence-electron chi connectivity index (χ3n) is 3.83. The van der Waals surface area contributed by atoms with Gasteiger partial charge in [0.15, 0.2) is 0 Å². The van der Waals surface area contributed by atoms with E-state index < -0.39 is 0 Å². The predicted molar refractivity (Wildman–Crippen MR) is 89.6 cm³/mol. The van der Waals surface area contributed by atoms with E-state index in [4.69, 9.17) is 4.42 Å². The number of nitrogens with zero attached hydrogens (tertiary/aromatic N) is 1. The third kappa shape index (κ3) is 4.43. The molecule has 0 saturated carbocycles. The van der Waals surface area contributed by atoms with Crippen LogP contribution in [0.1, 0.15) is 48.3 Å². The van der Waals surface area contributed by atoms with Crippen LogP contribution in [0.5, 0.6) is 0 Å². The summed E-state index contributed by atoms with van der Waals surface area (Å²) in [5.74, 6) is 2.07. The van der Waals surface area contributed by atoms with Crippen molar-refractivity contribution in [3.8, 4) is 0 Å². The van der Waals surface area contributed by atoms with Gasteiger partial charge in [-0.15, -0.1) is 11.3 Å². The van der Waals surface area contributed by atoms with Crippen LogP contribution in [0.25, 0.3) is 0 Å². The number of thiophene rings is 1. The molecule has 0 bridgehead atoms. The summed E-state index contributed by atoms with van der Waals surface area (Å²) in [5, 5.41) is 5.52. The number of hydrogen-bond acceptors (Lipinski definition) is 4. The largest absolute Gasteiger partial charge is 0.465 e. The second-order valence-corrected chi connectivity index (χ2v) is 6.56. The van der Waals surface area contributed by atoms with Crippen LogP contribution in [-0.4, -0.2) is 18.5 Å². The van der Waals surface area contributed by atoms with Crippen molar-refractivity contribution in [2.24, 2.45) is 0 Å². The second kappa shape index (κ2) is 7.78. The molecule has 2 aromatic heterocycles. The van der Waals surface area contributed by atoms with E-state index in [1.165, 1.54) is 10.4 Å². The summed E-state index contributed by atoms with van der Waals surface area (Å²) < 4.78 is 5.85. The van der Waals surface area contributed by atoms with E-state index in [0.29, 0.717) is 6.04 Å². The van der Waals surface area contributed by atoms with E-state index in [-0.39, 0.29) is 0 Å². The van der Waals surface area contributed by atoms with Crippen molar-refractivity contribution >= 4 is 11.3 Å². The Labute approximate surface area is 132 Å². The molecule has 0 spiro atoms. The molecule has 1 unspecified atom stereocenters. The molecule has 1 N–H and O–H groups in total. The zero-order valence-corrected chi connectivity index (χ0v) is 14.3. The molecule has 116 valence electrons. The molecule has 3 nitrogen and oxygen atoms in total. The standard InChI is InChI=1S/C17H26N2OS/c1-5-8-18-11-16-10-15(14(3)20-16)12-19(4)13(2)17-7-6-9-21-17/h6-7,9-10,13,18H,5,8,11-12H2,1-4H3. The zero-order valence-electron chi connectivity index (χ0n) is 13.5. The molecule has 0 aliphatic heterocycles. The molecule has 21 heavy (non-hydrogen) atoms. The van der Waals surface area contributed by atoms with Gasteiger partial charge in [-0.25, -0.2) is 0 Å². The molecule has 0 amide bonds. The maximum absolute atomic E-state index is 5.85. The van der Waals surface area contributed by atoms with E-state index in [9.17, 15) is 0 Å². The Hall–Kier alpha value is -1.10. The van der Waals surface area contributed by atoms with Crippen molar-refractivity contribution in [2.75, 3.05) is 13.6 Å². The van der Waals surface area contributed by atoms with Crippen molar-refractivity contribution in [1.82, 2.24) is 10.2 Å². The Balaban J connectivity index is 1.95. The monoisotopic (exact) mass is 306 g/mol. The number of nitrogens with one attached hydrogen (secondary N) is 1. The highest BCUT2D eigenvalue weighted by molar-refractivity contribution is 7.10. The minimum Gasteiger partial charge on any atom is -0.465 e. The fourth-order valence-electron chi connectivity index (χ4n) is 2.37. The van der Waals surface area contributed by atoms with Gasteiger partial charge in [0.05, 0.1) is 6.54 Å². The fraction of sp³-hybridized carbons (Fsp3) is 0.529. The first kappa shape index (κ1) is 16.3. The van der Waals surface area contributed by atoms with Crippen LogP contribution < -0.4 is 5.32 Å². The maximum atomic E-state index is 5.85. The molecular formula is C17H26N2OS. The average molecular weight is 306 g/mol. The summed E-state index contributed by atoms with van der Waals surface area (Å²) in [6.45, 7) is 9.26. The summed E-state index contributed by atoms with van der Waals surface area (Å²) in [6, 6.07) is 6.94. The van der Waals surface area contributed by atoms with E-state index in [2.05, 4.69) is 61.6 Å². The van der Waals surface area contributed by atoms with Crippen molar-refractivity contribution in [2.45, 2.75) is 46.3 Å². The average Bonchev–Trinajstić information content (AvgIpc) is 3.09. The molecule has 0 aliphatic rings. The van der Waals surface area contributed by atoms with Gasteiger partial charge in [-0.2, -0.15) is 0 Å². The number of rotatable bonds is 8. The highest BCUT2D eigenvalue weighted by Crippen LogP contribution is 2.26. The van der Waals surface area contributed by atoms with E-state index in [0.717, 1.165) is 37.6 Å². The summed E-state index contributed by atoms with van der Waals surface area (Å²) in [7, 11) is 2.17. The van der Waals surface area contributed by atoms with Gasteiger partial charge in [-0.05, 0) is 51.4 Å². The van der Waals surface area contributed by atoms with Gasteiger partial charge in [0.2, 0.25) is 0 Å². The Bertz CT molecular complexity index is 533. The molecule has 0 fully saturated rings. The lowest BCUT2D eigenvalue weighted by Gasteiger charge is -2.23. The van der Waals surface area contributed by atoms with Gasteiger partial charge < -0.3 is 9.73 Å². The quantitative estimate of drug-likeness (QED) is 0.735. The van der Waals surface area contributed by atoms with E-state index in [1.807, 2.05) is 11.3 Å². The van der Waals surface area contributed by atoms with Gasteiger partial charge >= 0.3 is 0 Å². The van der Waals surface area contributed by atoms with Crippen LogP contribution in [0.15, 0.2) is 28.0 Å². The lowest BCUT2D eigenvalue weighted by Crippen LogP contribution is -2.21. The number of hydrogen-bond donors (Lipinski definition) is 1. The summed E-state index contributed by atoms with van der Waals surface area (Å²) >= 11 is 1.82. The molecule has 4 heteroatoms. The Morgan fingerprint density at radius 3 is 2.90 bits per heavy atom. The third-order valence-corrected chi connectivity index (χ3v) is 4.88. The molecular weight excluding hydrogens is 280 g/mol. The Kier molecular flexibility index (Phi) is 6.03. The summed E-state index contributed by atoms with van der Waals surface area (Å²) in [6.07, 6.45) is 1.15. The van der Waals surface area contributed by atoms with Crippen LogP contribution in [0.2, 0.25) is 0 Å². The van der Waals surface area contributed by atoms with Crippen LogP contribution in [0.4, 0.5) is 0 Å². The molecule has 0 saturated heterocycles. The minimum atomic E-state index is 0.431. The van der Waals surface area contributed by atoms with Crippen molar-refractivity contribution in [1.29, 1.82) is 0 Å². The minimum absolute atomic E-state index is 0.431. The first-order chi connectivity index (χ1) is 10.1. The molecule has 0 radical (unpaired) electrons. The number of furan rings is 1. The summed E-state index contributed by atoms with van der Waals surface area (Å²) in [4.78, 5) is 3.77. The van der Waals surface area contributed by atoms with Crippen molar-refractivity contribution in [3.63, 3.8) is 0 Å². The van der Waals surface area contributed by atoms with Gasteiger partial charge in [-0.3, -0.25) is 4.90 Å². The number of aryl methyl sites for hydroxylation is 1. The highest BCUT2D eigenvalue weighted by atomic mass is 32.1. The molecule has 1 atom stereocenters.